The summed E-state index contributed by atoms with van der Waals surface area (Å²) in [5, 5.41) is 6.78. The van der Waals surface area contributed by atoms with Gasteiger partial charge in [0.15, 0.2) is 18.2 Å². The van der Waals surface area contributed by atoms with Crippen LogP contribution in [-0.2, 0) is 13.0 Å². The highest BCUT2D eigenvalue weighted by Gasteiger charge is 2.24. The minimum absolute atomic E-state index is 0.173. The second-order valence-electron chi connectivity index (χ2n) is 7.68. The lowest BCUT2D eigenvalue weighted by Gasteiger charge is -2.19. The van der Waals surface area contributed by atoms with Crippen LogP contribution in [0, 0.1) is 17.6 Å². The first-order chi connectivity index (χ1) is 15.5. The molecule has 1 fully saturated rings. The standard InChI is InChI=1S/C23H24F2N4O3/c1-2-22-27-21(28-32-22)14-31-18-6-3-16(4-7-18)23(30)26-12-15-9-10-29(13-15)17-5-8-19(24)20(25)11-17/h3-8,11,15H,2,9-10,12-14H2,1H3,(H,26,30). The fourth-order valence-corrected chi connectivity index (χ4v) is 3.60. The van der Waals surface area contributed by atoms with Crippen molar-refractivity contribution in [1.29, 1.82) is 0 Å². The number of hydrogen-bond donors (Lipinski definition) is 1. The predicted octanol–water partition coefficient (Wildman–Crippen LogP) is 3.75. The molecule has 168 valence electrons. The van der Waals surface area contributed by atoms with Crippen molar-refractivity contribution in [2.24, 2.45) is 5.92 Å². The summed E-state index contributed by atoms with van der Waals surface area (Å²) in [6.07, 6.45) is 1.53. The van der Waals surface area contributed by atoms with E-state index in [2.05, 4.69) is 15.5 Å². The van der Waals surface area contributed by atoms with Crippen LogP contribution in [0.15, 0.2) is 47.0 Å². The number of ether oxygens (including phenoxy) is 1. The van der Waals surface area contributed by atoms with Gasteiger partial charge in [-0.1, -0.05) is 12.1 Å². The second kappa shape index (κ2) is 9.76. The summed E-state index contributed by atoms with van der Waals surface area (Å²) >= 11 is 0. The molecular formula is C23H24F2N4O3. The largest absolute Gasteiger partial charge is 0.485 e. The van der Waals surface area contributed by atoms with Gasteiger partial charge in [-0.05, 0) is 48.7 Å². The molecule has 1 amide bonds. The zero-order valence-corrected chi connectivity index (χ0v) is 17.7. The number of carbonyl (C=O) groups excluding carboxylic acids is 1. The maximum atomic E-state index is 13.5. The average Bonchev–Trinajstić information content (AvgIpc) is 3.48. The maximum absolute atomic E-state index is 13.5. The molecule has 0 radical (unpaired) electrons. The lowest BCUT2D eigenvalue weighted by Crippen LogP contribution is -2.31. The van der Waals surface area contributed by atoms with Gasteiger partial charge in [-0.3, -0.25) is 4.79 Å². The Bertz CT molecular complexity index is 1070. The number of anilines is 1. The molecule has 1 atom stereocenters. The Morgan fingerprint density at radius 1 is 1.22 bits per heavy atom. The van der Waals surface area contributed by atoms with Gasteiger partial charge < -0.3 is 19.5 Å². The third kappa shape index (κ3) is 5.22. The van der Waals surface area contributed by atoms with Gasteiger partial charge >= 0.3 is 0 Å². The molecular weight excluding hydrogens is 418 g/mol. The van der Waals surface area contributed by atoms with Crippen LogP contribution >= 0.6 is 0 Å². The normalized spacial score (nSPS) is 15.7. The maximum Gasteiger partial charge on any atom is 0.251 e. The van der Waals surface area contributed by atoms with E-state index in [0.29, 0.717) is 48.2 Å². The molecule has 3 aromatic rings. The highest BCUT2D eigenvalue weighted by Crippen LogP contribution is 2.25. The van der Waals surface area contributed by atoms with Crippen molar-refractivity contribution < 1.29 is 22.8 Å². The van der Waals surface area contributed by atoms with Crippen molar-refractivity contribution in [3.63, 3.8) is 0 Å². The fourth-order valence-electron chi connectivity index (χ4n) is 3.60. The Morgan fingerprint density at radius 2 is 2.03 bits per heavy atom. The van der Waals surface area contributed by atoms with Gasteiger partial charge in [-0.15, -0.1) is 0 Å². The van der Waals surface area contributed by atoms with E-state index in [0.717, 1.165) is 19.0 Å². The topological polar surface area (TPSA) is 80.5 Å². The number of halogens is 2. The summed E-state index contributed by atoms with van der Waals surface area (Å²) in [5.41, 5.74) is 1.18. The van der Waals surface area contributed by atoms with Gasteiger partial charge in [-0.25, -0.2) is 8.78 Å². The number of aromatic nitrogens is 2. The van der Waals surface area contributed by atoms with Crippen molar-refractivity contribution in [2.75, 3.05) is 24.5 Å². The highest BCUT2D eigenvalue weighted by molar-refractivity contribution is 5.94. The van der Waals surface area contributed by atoms with E-state index < -0.39 is 11.6 Å². The molecule has 0 aliphatic carbocycles. The van der Waals surface area contributed by atoms with E-state index >= 15 is 0 Å². The highest BCUT2D eigenvalue weighted by atomic mass is 19.2. The van der Waals surface area contributed by atoms with Crippen molar-refractivity contribution in [3.05, 3.63) is 71.4 Å². The first kappa shape index (κ1) is 21.7. The summed E-state index contributed by atoms with van der Waals surface area (Å²) in [7, 11) is 0. The van der Waals surface area contributed by atoms with E-state index in [1.54, 1.807) is 30.3 Å². The summed E-state index contributed by atoms with van der Waals surface area (Å²) in [6, 6.07) is 10.7. The predicted molar refractivity (Wildman–Crippen MR) is 113 cm³/mol. The molecule has 32 heavy (non-hydrogen) atoms. The van der Waals surface area contributed by atoms with Crippen LogP contribution in [0.3, 0.4) is 0 Å². The van der Waals surface area contributed by atoms with E-state index in [1.165, 1.54) is 6.07 Å². The van der Waals surface area contributed by atoms with Crippen LogP contribution in [0.2, 0.25) is 0 Å². The Morgan fingerprint density at radius 3 is 2.75 bits per heavy atom. The smallest absolute Gasteiger partial charge is 0.251 e. The monoisotopic (exact) mass is 442 g/mol. The Hall–Kier alpha value is -3.49. The molecule has 2 heterocycles. The molecule has 7 nitrogen and oxygen atoms in total. The molecule has 1 saturated heterocycles. The van der Waals surface area contributed by atoms with E-state index in [-0.39, 0.29) is 18.4 Å². The number of carbonyl (C=O) groups is 1. The third-order valence-corrected chi connectivity index (χ3v) is 5.40. The fraction of sp³-hybridized carbons (Fsp3) is 0.348. The van der Waals surface area contributed by atoms with Crippen molar-refractivity contribution in [2.45, 2.75) is 26.4 Å². The molecule has 0 saturated carbocycles. The number of aryl methyl sites for hydroxylation is 1. The lowest BCUT2D eigenvalue weighted by molar-refractivity contribution is 0.0948. The van der Waals surface area contributed by atoms with Crippen LogP contribution in [0.4, 0.5) is 14.5 Å². The molecule has 1 N–H and O–H groups in total. The number of nitrogens with one attached hydrogen (secondary N) is 1. The zero-order chi connectivity index (χ0) is 22.5. The van der Waals surface area contributed by atoms with Gasteiger partial charge in [0.2, 0.25) is 11.7 Å². The van der Waals surface area contributed by atoms with Crippen molar-refractivity contribution in [1.82, 2.24) is 15.5 Å². The molecule has 4 rings (SSSR count). The molecule has 0 spiro atoms. The van der Waals surface area contributed by atoms with E-state index in [9.17, 15) is 13.6 Å². The van der Waals surface area contributed by atoms with Crippen molar-refractivity contribution >= 4 is 11.6 Å². The third-order valence-electron chi connectivity index (χ3n) is 5.40. The molecule has 9 heteroatoms. The minimum Gasteiger partial charge on any atom is -0.485 e. The van der Waals surface area contributed by atoms with Crippen LogP contribution < -0.4 is 15.0 Å². The first-order valence-electron chi connectivity index (χ1n) is 10.5. The molecule has 1 aromatic heterocycles. The Kier molecular flexibility index (Phi) is 6.63. The van der Waals surface area contributed by atoms with Crippen LogP contribution in [0.5, 0.6) is 5.75 Å². The quantitative estimate of drug-likeness (QED) is 0.572. The van der Waals surface area contributed by atoms with Gasteiger partial charge in [0, 0.05) is 43.4 Å². The van der Waals surface area contributed by atoms with Gasteiger partial charge in [0.25, 0.3) is 5.91 Å². The lowest BCUT2D eigenvalue weighted by atomic mass is 10.1. The van der Waals surface area contributed by atoms with E-state index in [1.807, 2.05) is 11.8 Å². The zero-order valence-electron chi connectivity index (χ0n) is 17.7. The SMILES string of the molecule is CCc1nc(COc2ccc(C(=O)NCC3CCN(c4ccc(F)c(F)c4)C3)cc2)no1. The van der Waals surface area contributed by atoms with Crippen LogP contribution in [0.25, 0.3) is 0 Å². The molecule has 1 aliphatic rings. The van der Waals surface area contributed by atoms with Gasteiger partial charge in [0.05, 0.1) is 0 Å². The number of rotatable bonds is 8. The molecule has 2 aromatic carbocycles. The van der Waals surface area contributed by atoms with Crippen LogP contribution in [-0.4, -0.2) is 35.7 Å². The molecule has 1 aliphatic heterocycles. The minimum atomic E-state index is -0.853. The average molecular weight is 442 g/mol. The second-order valence-corrected chi connectivity index (χ2v) is 7.68. The number of benzene rings is 2. The first-order valence-corrected chi connectivity index (χ1v) is 10.5. The summed E-state index contributed by atoms with van der Waals surface area (Å²) in [6.45, 7) is 4.03. The summed E-state index contributed by atoms with van der Waals surface area (Å²) in [4.78, 5) is 18.6. The molecule has 0 bridgehead atoms. The van der Waals surface area contributed by atoms with Gasteiger partial charge in [-0.2, -0.15) is 4.98 Å². The van der Waals surface area contributed by atoms with Gasteiger partial charge in [0.1, 0.15) is 5.75 Å². The van der Waals surface area contributed by atoms with Crippen molar-refractivity contribution in [3.8, 4) is 5.75 Å². The Labute approximate surface area is 184 Å². The Balaban J connectivity index is 1.24. The molecule has 1 unspecified atom stereocenters. The number of nitrogens with zero attached hydrogens (tertiary/aromatic N) is 3. The van der Waals surface area contributed by atoms with E-state index in [4.69, 9.17) is 9.26 Å². The summed E-state index contributed by atoms with van der Waals surface area (Å²) in [5.74, 6) is -0.0135. The number of hydrogen-bond acceptors (Lipinski definition) is 6. The number of amides is 1. The summed E-state index contributed by atoms with van der Waals surface area (Å²) < 4.78 is 37.3. The van der Waals surface area contributed by atoms with Crippen LogP contribution in [0.1, 0.15) is 35.4 Å².